The first-order valence-corrected chi connectivity index (χ1v) is 6.12. The van der Waals surface area contributed by atoms with Crippen molar-refractivity contribution in [2.24, 2.45) is 5.92 Å². The fourth-order valence-corrected chi connectivity index (χ4v) is 2.12. The number of rotatable bonds is 4. The summed E-state index contributed by atoms with van der Waals surface area (Å²) in [4.78, 5) is 12.0. The molecule has 1 amide bonds. The van der Waals surface area contributed by atoms with Gasteiger partial charge in [-0.2, -0.15) is 0 Å². The largest absolute Gasteiger partial charge is 0.396 e. The molecular formula is C14H19NO2. The van der Waals surface area contributed by atoms with Crippen LogP contribution in [-0.4, -0.2) is 23.7 Å². The van der Waals surface area contributed by atoms with E-state index in [0.29, 0.717) is 0 Å². The molecule has 3 nitrogen and oxygen atoms in total. The van der Waals surface area contributed by atoms with Crippen LogP contribution in [0.15, 0.2) is 24.3 Å². The lowest BCUT2D eigenvalue weighted by Crippen LogP contribution is -2.43. The maximum atomic E-state index is 12.0. The number of carbonyl (C=O) groups is 1. The Morgan fingerprint density at radius 3 is 2.82 bits per heavy atom. The smallest absolute Gasteiger partial charge is 0.228 e. The Hall–Kier alpha value is -1.35. The third-order valence-electron chi connectivity index (χ3n) is 3.68. The minimum Gasteiger partial charge on any atom is -0.396 e. The van der Waals surface area contributed by atoms with Crippen LogP contribution in [0.1, 0.15) is 30.9 Å². The van der Waals surface area contributed by atoms with Crippen molar-refractivity contribution in [3.63, 3.8) is 0 Å². The second-order valence-electron chi connectivity index (χ2n) is 4.91. The molecule has 3 unspecified atom stereocenters. The van der Waals surface area contributed by atoms with E-state index in [1.54, 1.807) is 0 Å². The fourth-order valence-electron chi connectivity index (χ4n) is 2.12. The van der Waals surface area contributed by atoms with Crippen molar-refractivity contribution in [3.8, 4) is 0 Å². The minimum atomic E-state index is -0.000423. The van der Waals surface area contributed by atoms with Gasteiger partial charge in [0.25, 0.3) is 0 Å². The van der Waals surface area contributed by atoms with E-state index in [-0.39, 0.29) is 30.4 Å². The van der Waals surface area contributed by atoms with E-state index >= 15 is 0 Å². The summed E-state index contributed by atoms with van der Waals surface area (Å²) >= 11 is 0. The van der Waals surface area contributed by atoms with Gasteiger partial charge in [-0.25, -0.2) is 0 Å². The van der Waals surface area contributed by atoms with Gasteiger partial charge in [-0.3, -0.25) is 4.79 Å². The van der Waals surface area contributed by atoms with Gasteiger partial charge in [0.05, 0.1) is 5.92 Å². The topological polar surface area (TPSA) is 49.3 Å². The summed E-state index contributed by atoms with van der Waals surface area (Å²) < 4.78 is 0. The molecule has 0 aromatic heterocycles. The quantitative estimate of drug-likeness (QED) is 0.827. The highest BCUT2D eigenvalue weighted by molar-refractivity contribution is 5.87. The molecule has 0 spiro atoms. The Bertz CT molecular complexity index is 416. The second kappa shape index (κ2) is 4.88. The van der Waals surface area contributed by atoms with E-state index in [1.165, 1.54) is 5.56 Å². The predicted molar refractivity (Wildman–Crippen MR) is 66.7 cm³/mol. The van der Waals surface area contributed by atoms with Crippen LogP contribution in [0.25, 0.3) is 0 Å². The van der Waals surface area contributed by atoms with Crippen LogP contribution in [0.5, 0.6) is 0 Å². The van der Waals surface area contributed by atoms with E-state index in [9.17, 15) is 4.79 Å². The number of amides is 1. The molecule has 0 bridgehead atoms. The van der Waals surface area contributed by atoms with Crippen LogP contribution in [0.4, 0.5) is 0 Å². The Morgan fingerprint density at radius 1 is 1.47 bits per heavy atom. The van der Waals surface area contributed by atoms with Gasteiger partial charge in [-0.05, 0) is 30.4 Å². The van der Waals surface area contributed by atoms with Gasteiger partial charge in [-0.1, -0.05) is 31.2 Å². The summed E-state index contributed by atoms with van der Waals surface area (Å²) in [7, 11) is 0. The summed E-state index contributed by atoms with van der Waals surface area (Å²) in [5.41, 5.74) is 2.42. The highest BCUT2D eigenvalue weighted by Gasteiger charge is 2.32. The molecule has 0 saturated heterocycles. The zero-order valence-electron chi connectivity index (χ0n) is 10.3. The molecule has 0 saturated carbocycles. The summed E-state index contributed by atoms with van der Waals surface area (Å²) in [6.07, 6.45) is 0.836. The lowest BCUT2D eigenvalue weighted by Gasteiger charge is -2.31. The molecule has 92 valence electrons. The van der Waals surface area contributed by atoms with Crippen molar-refractivity contribution in [2.75, 3.05) is 6.61 Å². The second-order valence-corrected chi connectivity index (χ2v) is 4.91. The number of nitrogens with one attached hydrogen (secondary N) is 1. The molecule has 0 radical (unpaired) electrons. The van der Waals surface area contributed by atoms with Crippen molar-refractivity contribution in [3.05, 3.63) is 35.4 Å². The van der Waals surface area contributed by atoms with Crippen LogP contribution in [0, 0.1) is 5.92 Å². The molecule has 1 aromatic rings. The molecule has 2 N–H and O–H groups in total. The van der Waals surface area contributed by atoms with Crippen LogP contribution >= 0.6 is 0 Å². The van der Waals surface area contributed by atoms with Gasteiger partial charge in [0, 0.05) is 12.6 Å². The van der Waals surface area contributed by atoms with Gasteiger partial charge in [0.2, 0.25) is 5.91 Å². The van der Waals surface area contributed by atoms with Crippen molar-refractivity contribution < 1.29 is 9.90 Å². The van der Waals surface area contributed by atoms with Gasteiger partial charge in [-0.15, -0.1) is 0 Å². The first-order valence-electron chi connectivity index (χ1n) is 6.12. The SMILES string of the molecule is CC(CO)C(C)NC(=O)C1Cc2ccccc21. The molecule has 3 heteroatoms. The number of fused-ring (bicyclic) bond motifs is 1. The normalized spacial score (nSPS) is 21.0. The highest BCUT2D eigenvalue weighted by Crippen LogP contribution is 2.34. The molecule has 2 rings (SSSR count). The minimum absolute atomic E-state index is 0.000423. The van der Waals surface area contributed by atoms with E-state index in [4.69, 9.17) is 5.11 Å². The number of benzene rings is 1. The zero-order chi connectivity index (χ0) is 12.4. The lowest BCUT2D eigenvalue weighted by molar-refractivity contribution is -0.124. The summed E-state index contributed by atoms with van der Waals surface area (Å²) in [5.74, 6) is 0.172. The zero-order valence-corrected chi connectivity index (χ0v) is 10.3. The third-order valence-corrected chi connectivity index (χ3v) is 3.68. The van der Waals surface area contributed by atoms with Crippen LogP contribution in [0.2, 0.25) is 0 Å². The lowest BCUT2D eigenvalue weighted by atomic mass is 9.77. The number of aliphatic hydroxyl groups is 1. The average Bonchev–Trinajstić information content (AvgIpc) is 2.29. The molecule has 1 aromatic carbocycles. The molecule has 17 heavy (non-hydrogen) atoms. The number of hydrogen-bond donors (Lipinski definition) is 2. The molecule has 0 heterocycles. The maximum absolute atomic E-state index is 12.0. The number of hydrogen-bond acceptors (Lipinski definition) is 2. The molecule has 0 aliphatic heterocycles. The molecule has 1 aliphatic carbocycles. The van der Waals surface area contributed by atoms with Gasteiger partial charge < -0.3 is 10.4 Å². The molecule has 1 aliphatic rings. The van der Waals surface area contributed by atoms with Crippen molar-refractivity contribution in [1.29, 1.82) is 0 Å². The molecule has 3 atom stereocenters. The number of aliphatic hydroxyl groups excluding tert-OH is 1. The summed E-state index contributed by atoms with van der Waals surface area (Å²) in [6.45, 7) is 3.96. The Kier molecular flexibility index (Phi) is 3.48. The Balaban J connectivity index is 1.96. The van der Waals surface area contributed by atoms with Crippen LogP contribution in [0.3, 0.4) is 0 Å². The maximum Gasteiger partial charge on any atom is 0.228 e. The highest BCUT2D eigenvalue weighted by atomic mass is 16.3. The summed E-state index contributed by atoms with van der Waals surface area (Å²) in [5, 5.41) is 12.0. The van der Waals surface area contributed by atoms with Crippen molar-refractivity contribution in [1.82, 2.24) is 5.32 Å². The fraction of sp³-hybridized carbons (Fsp3) is 0.500. The number of carbonyl (C=O) groups excluding carboxylic acids is 1. The predicted octanol–water partition coefficient (Wildman–Crippen LogP) is 1.46. The van der Waals surface area contributed by atoms with Crippen molar-refractivity contribution in [2.45, 2.75) is 32.2 Å². The molecular weight excluding hydrogens is 214 g/mol. The third kappa shape index (κ3) is 2.34. The van der Waals surface area contributed by atoms with E-state index in [2.05, 4.69) is 11.4 Å². The monoisotopic (exact) mass is 233 g/mol. The van der Waals surface area contributed by atoms with Crippen LogP contribution < -0.4 is 5.32 Å². The summed E-state index contributed by atoms with van der Waals surface area (Å²) in [6, 6.07) is 8.07. The first kappa shape index (κ1) is 12.1. The first-order chi connectivity index (χ1) is 8.13. The van der Waals surface area contributed by atoms with Gasteiger partial charge in [0.15, 0.2) is 0 Å². The van der Waals surface area contributed by atoms with Gasteiger partial charge in [0.1, 0.15) is 0 Å². The standard InChI is InChI=1S/C14H19NO2/c1-9(8-16)10(2)15-14(17)13-7-11-5-3-4-6-12(11)13/h3-6,9-10,13,16H,7-8H2,1-2H3,(H,15,17). The average molecular weight is 233 g/mol. The van der Waals surface area contributed by atoms with E-state index < -0.39 is 0 Å². The van der Waals surface area contributed by atoms with Crippen LogP contribution in [-0.2, 0) is 11.2 Å². The molecule has 0 fully saturated rings. The van der Waals surface area contributed by atoms with Gasteiger partial charge >= 0.3 is 0 Å². The van der Waals surface area contributed by atoms with E-state index in [0.717, 1.165) is 12.0 Å². The van der Waals surface area contributed by atoms with Crippen molar-refractivity contribution >= 4 is 5.91 Å². The Labute approximate surface area is 102 Å². The van der Waals surface area contributed by atoms with E-state index in [1.807, 2.05) is 32.0 Å². The Morgan fingerprint density at radius 2 is 2.18 bits per heavy atom.